The van der Waals surface area contributed by atoms with Gasteiger partial charge in [0.25, 0.3) is 5.91 Å². The summed E-state index contributed by atoms with van der Waals surface area (Å²) in [5.41, 5.74) is 1.41. The van der Waals surface area contributed by atoms with Crippen molar-refractivity contribution in [3.8, 4) is 0 Å². The maximum atomic E-state index is 12.1. The minimum absolute atomic E-state index is 0.189. The average Bonchev–Trinajstić information content (AvgIpc) is 2.58. The number of benzene rings is 1. The van der Waals surface area contributed by atoms with Crippen molar-refractivity contribution in [3.05, 3.63) is 52.8 Å². The van der Waals surface area contributed by atoms with Gasteiger partial charge in [0, 0.05) is 24.3 Å². The Morgan fingerprint density at radius 3 is 2.67 bits per heavy atom. The van der Waals surface area contributed by atoms with Gasteiger partial charge in [-0.25, -0.2) is 9.97 Å². The van der Waals surface area contributed by atoms with Crippen LogP contribution >= 0.6 is 11.6 Å². The molecule has 128 valence electrons. The fourth-order valence-corrected chi connectivity index (χ4v) is 2.17. The summed E-state index contributed by atoms with van der Waals surface area (Å²) in [6.45, 7) is 2.11. The first-order valence-electron chi connectivity index (χ1n) is 7.79. The normalized spacial score (nSPS) is 10.7. The molecule has 1 amide bonds. The molecular formula is C17H22ClN5O. The fraction of sp³-hybridized carbons (Fsp3) is 0.353. The van der Waals surface area contributed by atoms with Crippen molar-refractivity contribution in [2.24, 2.45) is 0 Å². The lowest BCUT2D eigenvalue weighted by atomic mass is 10.2. The summed E-state index contributed by atoms with van der Waals surface area (Å²) >= 11 is 5.86. The lowest BCUT2D eigenvalue weighted by Gasteiger charge is -2.10. The van der Waals surface area contributed by atoms with Gasteiger partial charge in [0.1, 0.15) is 5.69 Å². The van der Waals surface area contributed by atoms with Gasteiger partial charge in [0.15, 0.2) is 0 Å². The van der Waals surface area contributed by atoms with Crippen LogP contribution in [0, 0.1) is 0 Å². The molecule has 0 fully saturated rings. The van der Waals surface area contributed by atoms with E-state index in [9.17, 15) is 4.79 Å². The van der Waals surface area contributed by atoms with E-state index in [2.05, 4.69) is 25.5 Å². The summed E-state index contributed by atoms with van der Waals surface area (Å²) < 4.78 is 0. The van der Waals surface area contributed by atoms with Gasteiger partial charge in [-0.15, -0.1) is 0 Å². The Labute approximate surface area is 147 Å². The largest absolute Gasteiger partial charge is 0.351 e. The van der Waals surface area contributed by atoms with Gasteiger partial charge in [-0.05, 0) is 50.8 Å². The molecule has 6 nitrogen and oxygen atoms in total. The third kappa shape index (κ3) is 6.14. The van der Waals surface area contributed by atoms with E-state index in [0.717, 1.165) is 18.5 Å². The van der Waals surface area contributed by atoms with Gasteiger partial charge in [0.2, 0.25) is 5.95 Å². The highest BCUT2D eigenvalue weighted by Crippen LogP contribution is 2.10. The molecule has 2 aromatic rings. The number of nitrogens with zero attached hydrogens (tertiary/aromatic N) is 3. The van der Waals surface area contributed by atoms with E-state index in [1.807, 2.05) is 38.4 Å². The molecule has 7 heteroatoms. The molecule has 0 atom stereocenters. The van der Waals surface area contributed by atoms with E-state index in [-0.39, 0.29) is 5.91 Å². The lowest BCUT2D eigenvalue weighted by molar-refractivity contribution is 0.0947. The topological polar surface area (TPSA) is 70.2 Å². The molecule has 1 aromatic carbocycles. The molecule has 0 unspecified atom stereocenters. The van der Waals surface area contributed by atoms with Gasteiger partial charge in [-0.1, -0.05) is 23.7 Å². The summed E-state index contributed by atoms with van der Waals surface area (Å²) in [6, 6.07) is 9.12. The Bertz CT molecular complexity index is 660. The number of carbonyl (C=O) groups excluding carboxylic acids is 1. The molecular weight excluding hydrogens is 326 g/mol. The van der Waals surface area contributed by atoms with Gasteiger partial charge in [0.05, 0.1) is 0 Å². The van der Waals surface area contributed by atoms with Crippen LogP contribution in [-0.2, 0) is 6.54 Å². The summed E-state index contributed by atoms with van der Waals surface area (Å²) in [4.78, 5) is 22.6. The van der Waals surface area contributed by atoms with Gasteiger partial charge < -0.3 is 15.5 Å². The molecule has 2 rings (SSSR count). The third-order valence-corrected chi connectivity index (χ3v) is 3.57. The number of hydrogen-bond donors (Lipinski definition) is 2. The van der Waals surface area contributed by atoms with E-state index >= 15 is 0 Å². The van der Waals surface area contributed by atoms with Crippen LogP contribution < -0.4 is 10.6 Å². The standard InChI is InChI=1S/C17H22ClN5O/c1-23(2)11-3-9-19-16(24)15-8-10-20-17(22-15)21-12-13-4-6-14(18)7-5-13/h4-8,10H,3,9,11-12H2,1-2H3,(H,19,24)(H,20,21,22). The van der Waals surface area contributed by atoms with Gasteiger partial charge in [-0.2, -0.15) is 0 Å². The first-order valence-corrected chi connectivity index (χ1v) is 8.16. The third-order valence-electron chi connectivity index (χ3n) is 3.32. The van der Waals surface area contributed by atoms with Crippen LogP contribution in [0.15, 0.2) is 36.5 Å². The van der Waals surface area contributed by atoms with E-state index in [1.165, 1.54) is 0 Å². The molecule has 1 heterocycles. The fourth-order valence-electron chi connectivity index (χ4n) is 2.04. The highest BCUT2D eigenvalue weighted by molar-refractivity contribution is 6.30. The number of halogens is 1. The molecule has 0 spiro atoms. The van der Waals surface area contributed by atoms with Crippen LogP contribution in [0.3, 0.4) is 0 Å². The minimum Gasteiger partial charge on any atom is -0.351 e. The summed E-state index contributed by atoms with van der Waals surface area (Å²) in [6.07, 6.45) is 2.47. The SMILES string of the molecule is CN(C)CCCNC(=O)c1ccnc(NCc2ccc(Cl)cc2)n1. The zero-order valence-electron chi connectivity index (χ0n) is 13.9. The monoisotopic (exact) mass is 347 g/mol. The molecule has 0 aliphatic rings. The second-order valence-corrected chi connectivity index (χ2v) is 6.09. The summed E-state index contributed by atoms with van der Waals surface area (Å²) in [7, 11) is 4.01. The van der Waals surface area contributed by atoms with Crippen molar-refractivity contribution >= 4 is 23.5 Å². The number of rotatable bonds is 8. The molecule has 0 aliphatic heterocycles. The van der Waals surface area contributed by atoms with Crippen molar-refractivity contribution in [1.82, 2.24) is 20.2 Å². The maximum Gasteiger partial charge on any atom is 0.270 e. The van der Waals surface area contributed by atoms with Crippen LogP contribution in [-0.4, -0.2) is 48.0 Å². The van der Waals surface area contributed by atoms with Crippen LogP contribution in [0.1, 0.15) is 22.5 Å². The van der Waals surface area contributed by atoms with Crippen molar-refractivity contribution < 1.29 is 4.79 Å². The van der Waals surface area contributed by atoms with E-state index < -0.39 is 0 Å². The van der Waals surface area contributed by atoms with Crippen LogP contribution in [0.4, 0.5) is 5.95 Å². The van der Waals surface area contributed by atoms with Crippen LogP contribution in [0.25, 0.3) is 0 Å². The maximum absolute atomic E-state index is 12.1. The average molecular weight is 348 g/mol. The van der Waals surface area contributed by atoms with E-state index in [0.29, 0.717) is 29.8 Å². The summed E-state index contributed by atoms with van der Waals surface area (Å²) in [5, 5.41) is 6.67. The van der Waals surface area contributed by atoms with Crippen molar-refractivity contribution in [2.45, 2.75) is 13.0 Å². The second-order valence-electron chi connectivity index (χ2n) is 5.66. The number of amides is 1. The number of anilines is 1. The quantitative estimate of drug-likeness (QED) is 0.718. The van der Waals surface area contributed by atoms with Crippen molar-refractivity contribution in [2.75, 3.05) is 32.5 Å². The number of nitrogens with one attached hydrogen (secondary N) is 2. The molecule has 0 radical (unpaired) electrons. The molecule has 2 N–H and O–H groups in total. The first-order chi connectivity index (χ1) is 11.5. The Balaban J connectivity index is 1.86. The predicted molar refractivity (Wildman–Crippen MR) is 96.3 cm³/mol. The number of carbonyl (C=O) groups is 1. The molecule has 0 bridgehead atoms. The van der Waals surface area contributed by atoms with Gasteiger partial charge >= 0.3 is 0 Å². The van der Waals surface area contributed by atoms with Crippen molar-refractivity contribution in [3.63, 3.8) is 0 Å². The Kier molecular flexibility index (Phi) is 6.96. The Hall–Kier alpha value is -2.18. The van der Waals surface area contributed by atoms with Crippen LogP contribution in [0.2, 0.25) is 5.02 Å². The molecule has 1 aromatic heterocycles. The number of aromatic nitrogens is 2. The lowest BCUT2D eigenvalue weighted by Crippen LogP contribution is -2.28. The predicted octanol–water partition coefficient (Wildman–Crippen LogP) is 2.42. The smallest absolute Gasteiger partial charge is 0.270 e. The molecule has 0 saturated carbocycles. The number of hydrogen-bond acceptors (Lipinski definition) is 5. The van der Waals surface area contributed by atoms with Crippen LogP contribution in [0.5, 0.6) is 0 Å². The Morgan fingerprint density at radius 1 is 1.21 bits per heavy atom. The molecule has 24 heavy (non-hydrogen) atoms. The van der Waals surface area contributed by atoms with E-state index in [1.54, 1.807) is 12.3 Å². The highest BCUT2D eigenvalue weighted by Gasteiger charge is 2.08. The molecule has 0 aliphatic carbocycles. The van der Waals surface area contributed by atoms with Gasteiger partial charge in [-0.3, -0.25) is 4.79 Å². The zero-order chi connectivity index (χ0) is 17.4. The van der Waals surface area contributed by atoms with Crippen molar-refractivity contribution in [1.29, 1.82) is 0 Å². The second kappa shape index (κ2) is 9.20. The first kappa shape index (κ1) is 18.2. The highest BCUT2D eigenvalue weighted by atomic mass is 35.5. The summed E-state index contributed by atoms with van der Waals surface area (Å²) in [5.74, 6) is 0.233. The minimum atomic E-state index is -0.189. The zero-order valence-corrected chi connectivity index (χ0v) is 14.7. The Morgan fingerprint density at radius 2 is 1.96 bits per heavy atom. The molecule has 0 saturated heterocycles. The van der Waals surface area contributed by atoms with E-state index in [4.69, 9.17) is 11.6 Å².